The summed E-state index contributed by atoms with van der Waals surface area (Å²) in [6.07, 6.45) is 3.10. The molecule has 0 aromatic carbocycles. The Morgan fingerprint density at radius 2 is 2.25 bits per heavy atom. The molecule has 1 aliphatic rings. The Labute approximate surface area is 121 Å². The second-order valence-corrected chi connectivity index (χ2v) is 7.28. The molecule has 1 aliphatic carbocycles. The Balaban J connectivity index is 1.88. The maximum Gasteiger partial charge on any atom is 0.358 e. The summed E-state index contributed by atoms with van der Waals surface area (Å²) in [4.78, 5) is 15.2. The van der Waals surface area contributed by atoms with Crippen molar-refractivity contribution in [3.8, 4) is 0 Å². The van der Waals surface area contributed by atoms with E-state index in [2.05, 4.69) is 19.8 Å². The topological polar surface area (TPSA) is 97.4 Å². The van der Waals surface area contributed by atoms with Crippen molar-refractivity contribution in [2.75, 3.05) is 20.2 Å². The number of carbonyl (C=O) groups is 1. The Bertz CT molecular complexity index is 566. The molecule has 112 valence electrons. The molecule has 0 unspecified atom stereocenters. The van der Waals surface area contributed by atoms with Crippen molar-refractivity contribution in [3.05, 3.63) is 11.2 Å². The lowest BCUT2D eigenvalue weighted by atomic mass is 10.4. The van der Waals surface area contributed by atoms with E-state index in [1.807, 2.05) is 0 Å². The third-order valence-electron chi connectivity index (χ3n) is 2.81. The van der Waals surface area contributed by atoms with Crippen LogP contribution in [0, 0.1) is 0 Å². The number of rotatable bonds is 8. The molecule has 1 aromatic rings. The highest BCUT2D eigenvalue weighted by molar-refractivity contribution is 7.91. The van der Waals surface area contributed by atoms with Gasteiger partial charge in [0.05, 0.1) is 12.6 Å². The van der Waals surface area contributed by atoms with Crippen LogP contribution in [0.1, 0.15) is 29.8 Å². The van der Waals surface area contributed by atoms with Gasteiger partial charge >= 0.3 is 5.97 Å². The summed E-state index contributed by atoms with van der Waals surface area (Å²) in [6.45, 7) is 1.10. The minimum absolute atomic E-state index is 0.0977. The van der Waals surface area contributed by atoms with Gasteiger partial charge in [0.15, 0.2) is 9.90 Å². The second kappa shape index (κ2) is 6.61. The maximum atomic E-state index is 12.1. The number of hydrogen-bond donors (Lipinski definition) is 2. The normalized spacial score (nSPS) is 15.2. The molecule has 7 nitrogen and oxygen atoms in total. The van der Waals surface area contributed by atoms with Crippen LogP contribution in [0.4, 0.5) is 0 Å². The van der Waals surface area contributed by atoms with Gasteiger partial charge in [-0.25, -0.2) is 22.9 Å². The molecule has 0 aliphatic heterocycles. The van der Waals surface area contributed by atoms with Gasteiger partial charge in [-0.05, 0) is 25.8 Å². The van der Waals surface area contributed by atoms with Crippen LogP contribution in [-0.4, -0.2) is 45.6 Å². The summed E-state index contributed by atoms with van der Waals surface area (Å²) in [7, 11) is -2.52. The second-order valence-electron chi connectivity index (χ2n) is 4.46. The van der Waals surface area contributed by atoms with E-state index in [0.717, 1.165) is 17.9 Å². The molecule has 0 radical (unpaired) electrons. The van der Waals surface area contributed by atoms with Crippen molar-refractivity contribution in [1.82, 2.24) is 15.0 Å². The number of sulfonamides is 1. The summed E-state index contributed by atoms with van der Waals surface area (Å²) in [5, 5.41) is 3.30. The van der Waals surface area contributed by atoms with Crippen LogP contribution in [0.2, 0.25) is 0 Å². The number of hydrogen-bond acceptors (Lipinski definition) is 7. The molecule has 1 saturated carbocycles. The molecule has 0 bridgehead atoms. The first kappa shape index (κ1) is 15.4. The van der Waals surface area contributed by atoms with Crippen molar-refractivity contribution < 1.29 is 17.9 Å². The first-order valence-electron chi connectivity index (χ1n) is 6.29. The van der Waals surface area contributed by atoms with E-state index in [1.54, 1.807) is 0 Å². The predicted octanol–water partition coefficient (Wildman–Crippen LogP) is 0.350. The Morgan fingerprint density at radius 3 is 2.90 bits per heavy atom. The Hall–Kier alpha value is -1.03. The summed E-state index contributed by atoms with van der Waals surface area (Å²) in [5.41, 5.74) is 1.15. The summed E-state index contributed by atoms with van der Waals surface area (Å²) < 4.78 is 31.0. The number of aromatic nitrogens is 1. The van der Waals surface area contributed by atoms with E-state index in [0.29, 0.717) is 19.0 Å². The van der Waals surface area contributed by atoms with E-state index in [-0.39, 0.29) is 9.90 Å². The largest absolute Gasteiger partial charge is 0.464 e. The smallest absolute Gasteiger partial charge is 0.358 e. The number of thiazole rings is 1. The highest BCUT2D eigenvalue weighted by atomic mass is 32.2. The van der Waals surface area contributed by atoms with Crippen molar-refractivity contribution >= 4 is 27.3 Å². The molecular weight excluding hydrogens is 302 g/mol. The Kier molecular flexibility index (Phi) is 5.08. The maximum absolute atomic E-state index is 12.1. The molecule has 1 fully saturated rings. The number of methoxy groups -OCH3 is 1. The number of carbonyl (C=O) groups excluding carboxylic acids is 1. The molecule has 20 heavy (non-hydrogen) atoms. The summed E-state index contributed by atoms with van der Waals surface area (Å²) >= 11 is 0.901. The SMILES string of the molecule is COC(=O)c1ncsc1S(=O)(=O)NCCCNC1CC1. The van der Waals surface area contributed by atoms with Gasteiger partial charge in [0.2, 0.25) is 0 Å². The van der Waals surface area contributed by atoms with Gasteiger partial charge in [-0.1, -0.05) is 0 Å². The third kappa shape index (κ3) is 3.98. The zero-order valence-electron chi connectivity index (χ0n) is 11.1. The predicted molar refractivity (Wildman–Crippen MR) is 74.3 cm³/mol. The van der Waals surface area contributed by atoms with Crippen LogP contribution in [0.5, 0.6) is 0 Å². The van der Waals surface area contributed by atoms with Crippen molar-refractivity contribution in [1.29, 1.82) is 0 Å². The van der Waals surface area contributed by atoms with Gasteiger partial charge in [0.25, 0.3) is 10.0 Å². The number of esters is 1. The van der Waals surface area contributed by atoms with Crippen molar-refractivity contribution in [2.45, 2.75) is 29.5 Å². The lowest BCUT2D eigenvalue weighted by Crippen LogP contribution is -2.28. The monoisotopic (exact) mass is 319 g/mol. The van der Waals surface area contributed by atoms with Gasteiger partial charge in [0, 0.05) is 12.6 Å². The lowest BCUT2D eigenvalue weighted by Gasteiger charge is -2.06. The minimum atomic E-state index is -3.71. The van der Waals surface area contributed by atoms with E-state index >= 15 is 0 Å². The fraction of sp³-hybridized carbons (Fsp3) is 0.636. The van der Waals surface area contributed by atoms with Crippen LogP contribution in [0.25, 0.3) is 0 Å². The van der Waals surface area contributed by atoms with Crippen LogP contribution in [0.15, 0.2) is 9.72 Å². The highest BCUT2D eigenvalue weighted by Crippen LogP contribution is 2.20. The minimum Gasteiger partial charge on any atom is -0.464 e. The lowest BCUT2D eigenvalue weighted by molar-refractivity contribution is 0.0590. The van der Waals surface area contributed by atoms with Crippen LogP contribution in [0.3, 0.4) is 0 Å². The summed E-state index contributed by atoms with van der Waals surface area (Å²) in [5.74, 6) is -0.748. The molecule has 0 amide bonds. The first-order valence-corrected chi connectivity index (χ1v) is 8.65. The van der Waals surface area contributed by atoms with E-state index in [9.17, 15) is 13.2 Å². The van der Waals surface area contributed by atoms with Crippen LogP contribution < -0.4 is 10.0 Å². The fourth-order valence-electron chi connectivity index (χ4n) is 1.61. The molecule has 1 heterocycles. The standard InChI is InChI=1S/C11H17N3O4S2/c1-18-10(15)9-11(19-7-13-9)20(16,17)14-6-2-5-12-8-3-4-8/h7-8,12,14H,2-6H2,1H3. The zero-order valence-corrected chi connectivity index (χ0v) is 12.7. The fourth-order valence-corrected chi connectivity index (χ4v) is 3.86. The quantitative estimate of drug-likeness (QED) is 0.530. The van der Waals surface area contributed by atoms with E-state index in [4.69, 9.17) is 0 Å². The zero-order chi connectivity index (χ0) is 14.6. The van der Waals surface area contributed by atoms with Gasteiger partial charge < -0.3 is 10.1 Å². The van der Waals surface area contributed by atoms with E-state index in [1.165, 1.54) is 25.5 Å². The van der Waals surface area contributed by atoms with Gasteiger partial charge in [-0.15, -0.1) is 11.3 Å². The molecule has 0 spiro atoms. The third-order valence-corrected chi connectivity index (χ3v) is 5.64. The highest BCUT2D eigenvalue weighted by Gasteiger charge is 2.26. The molecule has 2 rings (SSSR count). The number of ether oxygens (including phenoxy) is 1. The van der Waals surface area contributed by atoms with Crippen LogP contribution in [-0.2, 0) is 14.8 Å². The average molecular weight is 319 g/mol. The number of nitrogens with zero attached hydrogens (tertiary/aromatic N) is 1. The van der Waals surface area contributed by atoms with Crippen molar-refractivity contribution in [2.24, 2.45) is 0 Å². The Morgan fingerprint density at radius 1 is 1.50 bits per heavy atom. The molecule has 0 saturated heterocycles. The molecule has 0 atom stereocenters. The summed E-state index contributed by atoms with van der Waals surface area (Å²) in [6, 6.07) is 0.610. The van der Waals surface area contributed by atoms with Gasteiger partial charge in [-0.3, -0.25) is 0 Å². The van der Waals surface area contributed by atoms with Crippen LogP contribution >= 0.6 is 11.3 Å². The molecule has 9 heteroatoms. The molecular formula is C11H17N3O4S2. The van der Waals surface area contributed by atoms with E-state index < -0.39 is 16.0 Å². The average Bonchev–Trinajstić information content (AvgIpc) is 3.10. The van der Waals surface area contributed by atoms with Gasteiger partial charge in [-0.2, -0.15) is 0 Å². The molecule has 1 aromatic heterocycles. The van der Waals surface area contributed by atoms with Crippen molar-refractivity contribution in [3.63, 3.8) is 0 Å². The van der Waals surface area contributed by atoms with Gasteiger partial charge in [0.1, 0.15) is 0 Å². The number of nitrogens with one attached hydrogen (secondary N) is 2. The molecule has 2 N–H and O–H groups in total. The first-order chi connectivity index (χ1) is 9.54.